The summed E-state index contributed by atoms with van der Waals surface area (Å²) >= 11 is 5.59. The van der Waals surface area contributed by atoms with E-state index in [1.54, 1.807) is 9.80 Å². The average molecular weight is 472 g/mol. The first-order valence-corrected chi connectivity index (χ1v) is 12.7. The number of carbonyl (C=O) groups is 2. The molecule has 2 aliphatic heterocycles. The van der Waals surface area contributed by atoms with Crippen molar-refractivity contribution in [3.8, 4) is 5.75 Å². The lowest BCUT2D eigenvalue weighted by Crippen LogP contribution is -2.62. The maximum atomic E-state index is 13.5. The number of unbranched alkanes of at least 4 members (excludes halogenated alkanes) is 2. The van der Waals surface area contributed by atoms with Crippen molar-refractivity contribution >= 4 is 40.4 Å². The van der Waals surface area contributed by atoms with Crippen molar-refractivity contribution < 1.29 is 14.3 Å². The second-order valence-electron chi connectivity index (χ2n) is 8.73. The van der Waals surface area contributed by atoms with E-state index in [9.17, 15) is 9.59 Å². The number of hydrogen-bond donors (Lipinski definition) is 0. The van der Waals surface area contributed by atoms with E-state index >= 15 is 0 Å². The lowest BCUT2D eigenvalue weighted by Gasteiger charge is -2.42. The van der Waals surface area contributed by atoms with Gasteiger partial charge in [0.15, 0.2) is 11.0 Å². The quantitative estimate of drug-likeness (QED) is 0.360. The van der Waals surface area contributed by atoms with Crippen LogP contribution in [0.2, 0.25) is 0 Å². The SMILES string of the molecule is CCCCN1C(=O)C(C2C=C(C)c3ccc(N(CC)CC)cc3O2)C(=O)N(CCCC)C1=S. The van der Waals surface area contributed by atoms with Crippen molar-refractivity contribution in [1.29, 1.82) is 0 Å². The number of thiocarbonyl (C=S) groups is 1. The number of hydrogen-bond acceptors (Lipinski definition) is 5. The Kier molecular flexibility index (Phi) is 8.51. The van der Waals surface area contributed by atoms with E-state index < -0.39 is 12.0 Å². The van der Waals surface area contributed by atoms with Crippen molar-refractivity contribution in [3.63, 3.8) is 0 Å². The third kappa shape index (κ3) is 5.08. The molecule has 1 aromatic rings. The van der Waals surface area contributed by atoms with Crippen molar-refractivity contribution in [2.75, 3.05) is 31.1 Å². The van der Waals surface area contributed by atoms with Gasteiger partial charge in [-0.2, -0.15) is 0 Å². The first-order chi connectivity index (χ1) is 15.9. The molecule has 1 atom stereocenters. The first-order valence-electron chi connectivity index (χ1n) is 12.3. The molecule has 2 aliphatic rings. The van der Waals surface area contributed by atoms with Crippen LogP contribution < -0.4 is 9.64 Å². The zero-order chi connectivity index (χ0) is 24.1. The number of ether oxygens (including phenoxy) is 1. The summed E-state index contributed by atoms with van der Waals surface area (Å²) in [6, 6.07) is 6.19. The fraction of sp³-hybridized carbons (Fsp3) is 0.577. The maximum Gasteiger partial charge on any atom is 0.245 e. The number of anilines is 1. The number of nitrogens with zero attached hydrogens (tertiary/aromatic N) is 3. The smallest absolute Gasteiger partial charge is 0.245 e. The van der Waals surface area contributed by atoms with Gasteiger partial charge in [-0.3, -0.25) is 19.4 Å². The minimum Gasteiger partial charge on any atom is -0.484 e. The molecule has 0 radical (unpaired) electrons. The summed E-state index contributed by atoms with van der Waals surface area (Å²) in [6.07, 6.45) is 4.83. The molecule has 0 saturated carbocycles. The molecule has 0 aliphatic carbocycles. The summed E-state index contributed by atoms with van der Waals surface area (Å²) in [5, 5.41) is 0.337. The third-order valence-corrected chi connectivity index (χ3v) is 6.96. The molecule has 7 heteroatoms. The van der Waals surface area contributed by atoms with E-state index in [-0.39, 0.29) is 11.8 Å². The van der Waals surface area contributed by atoms with Crippen LogP contribution in [0.4, 0.5) is 5.69 Å². The van der Waals surface area contributed by atoms with Gasteiger partial charge in [0, 0.05) is 43.5 Å². The molecule has 3 rings (SSSR count). The molecule has 2 heterocycles. The van der Waals surface area contributed by atoms with Gasteiger partial charge in [-0.1, -0.05) is 26.7 Å². The molecular weight excluding hydrogens is 434 g/mol. The Balaban J connectivity index is 1.95. The zero-order valence-electron chi connectivity index (χ0n) is 20.6. The zero-order valence-corrected chi connectivity index (χ0v) is 21.4. The second kappa shape index (κ2) is 11.1. The minimum atomic E-state index is -0.925. The number of amides is 2. The predicted octanol–water partition coefficient (Wildman–Crippen LogP) is 4.87. The summed E-state index contributed by atoms with van der Waals surface area (Å²) in [5.41, 5.74) is 3.09. The summed E-state index contributed by atoms with van der Waals surface area (Å²) in [4.78, 5) is 32.6. The molecule has 1 fully saturated rings. The minimum absolute atomic E-state index is 0.247. The largest absolute Gasteiger partial charge is 0.484 e. The van der Waals surface area contributed by atoms with Gasteiger partial charge in [-0.15, -0.1) is 0 Å². The number of fused-ring (bicyclic) bond motifs is 1. The summed E-state index contributed by atoms with van der Waals surface area (Å²) in [7, 11) is 0. The fourth-order valence-corrected chi connectivity index (χ4v) is 4.86. The highest BCUT2D eigenvalue weighted by Gasteiger charge is 2.48. The highest BCUT2D eigenvalue weighted by atomic mass is 32.1. The molecular formula is C26H37N3O3S. The molecule has 0 aromatic heterocycles. The van der Waals surface area contributed by atoms with Crippen LogP contribution in [0.15, 0.2) is 24.3 Å². The van der Waals surface area contributed by atoms with Crippen LogP contribution in [-0.2, 0) is 9.59 Å². The number of rotatable bonds is 10. The van der Waals surface area contributed by atoms with E-state index in [0.717, 1.165) is 61.3 Å². The maximum absolute atomic E-state index is 13.5. The monoisotopic (exact) mass is 471 g/mol. The topological polar surface area (TPSA) is 53.1 Å². The average Bonchev–Trinajstić information content (AvgIpc) is 2.79. The summed E-state index contributed by atoms with van der Waals surface area (Å²) in [6.45, 7) is 13.2. The van der Waals surface area contributed by atoms with E-state index in [4.69, 9.17) is 17.0 Å². The van der Waals surface area contributed by atoms with Gasteiger partial charge in [-0.05, 0) is 69.6 Å². The number of carbonyl (C=O) groups excluding carboxylic acids is 2. The molecule has 1 unspecified atom stereocenters. The highest BCUT2D eigenvalue weighted by molar-refractivity contribution is 7.80. The number of allylic oxidation sites excluding steroid dienone is 1. The Morgan fingerprint density at radius 3 is 2.06 bits per heavy atom. The molecule has 33 heavy (non-hydrogen) atoms. The Bertz CT molecular complexity index is 895. The van der Waals surface area contributed by atoms with Gasteiger partial charge in [0.05, 0.1) is 0 Å². The van der Waals surface area contributed by atoms with E-state index in [0.29, 0.717) is 18.2 Å². The predicted molar refractivity (Wildman–Crippen MR) is 137 cm³/mol. The lowest BCUT2D eigenvalue weighted by molar-refractivity contribution is -0.150. The van der Waals surface area contributed by atoms with Crippen LogP contribution in [0.3, 0.4) is 0 Å². The normalized spacial score (nSPS) is 18.9. The highest BCUT2D eigenvalue weighted by Crippen LogP contribution is 2.38. The molecule has 0 N–H and O–H groups in total. The molecule has 6 nitrogen and oxygen atoms in total. The fourth-order valence-electron chi connectivity index (χ4n) is 4.50. The van der Waals surface area contributed by atoms with Gasteiger partial charge >= 0.3 is 0 Å². The summed E-state index contributed by atoms with van der Waals surface area (Å²) in [5.74, 6) is -0.698. The van der Waals surface area contributed by atoms with Gasteiger partial charge in [0.25, 0.3) is 0 Å². The van der Waals surface area contributed by atoms with Crippen molar-refractivity contribution in [3.05, 3.63) is 29.8 Å². The molecule has 1 saturated heterocycles. The number of benzene rings is 1. The van der Waals surface area contributed by atoms with Crippen molar-refractivity contribution in [1.82, 2.24) is 9.80 Å². The third-order valence-electron chi connectivity index (χ3n) is 6.52. The van der Waals surface area contributed by atoms with Gasteiger partial charge in [-0.25, -0.2) is 0 Å². The van der Waals surface area contributed by atoms with Gasteiger partial charge in [0.2, 0.25) is 11.8 Å². The van der Waals surface area contributed by atoms with E-state index in [1.165, 1.54) is 0 Å². The van der Waals surface area contributed by atoms with Crippen LogP contribution in [0.25, 0.3) is 5.57 Å². The van der Waals surface area contributed by atoms with Crippen LogP contribution >= 0.6 is 12.2 Å². The molecule has 2 amide bonds. The molecule has 1 aromatic carbocycles. The van der Waals surface area contributed by atoms with Gasteiger partial charge < -0.3 is 9.64 Å². The van der Waals surface area contributed by atoms with Gasteiger partial charge in [0.1, 0.15) is 11.9 Å². The Hall–Kier alpha value is -2.41. The van der Waals surface area contributed by atoms with Crippen molar-refractivity contribution in [2.45, 2.75) is 66.4 Å². The van der Waals surface area contributed by atoms with Crippen LogP contribution in [0.1, 0.15) is 65.9 Å². The Morgan fingerprint density at radius 1 is 0.970 bits per heavy atom. The van der Waals surface area contributed by atoms with Crippen molar-refractivity contribution in [2.24, 2.45) is 5.92 Å². The first kappa shape index (κ1) is 25.2. The second-order valence-corrected chi connectivity index (χ2v) is 9.10. The van der Waals surface area contributed by atoms with E-state index in [1.807, 2.05) is 19.1 Å². The molecule has 0 bridgehead atoms. The lowest BCUT2D eigenvalue weighted by atomic mass is 9.91. The van der Waals surface area contributed by atoms with Crippen LogP contribution in [-0.4, -0.2) is 59.0 Å². The standard InChI is InChI=1S/C26H37N3O3S/c1-6-10-14-28-24(30)23(25(31)29(26(28)33)15-11-7-2)22-16-18(5)20-13-12-19(17-21(20)32-22)27(8-3)9-4/h12-13,16-17,22-23H,6-11,14-15H2,1-5H3. The molecule has 180 valence electrons. The Labute approximate surface area is 203 Å². The van der Waals surface area contributed by atoms with Crippen LogP contribution in [0.5, 0.6) is 5.75 Å². The summed E-state index contributed by atoms with van der Waals surface area (Å²) < 4.78 is 6.36. The van der Waals surface area contributed by atoms with Crippen LogP contribution in [0, 0.1) is 5.92 Å². The van der Waals surface area contributed by atoms with E-state index in [2.05, 4.69) is 44.7 Å². The Morgan fingerprint density at radius 2 is 1.55 bits per heavy atom. The molecule has 0 spiro atoms.